The molecule has 1 aliphatic rings. The van der Waals surface area contributed by atoms with Crippen molar-refractivity contribution in [2.45, 2.75) is 51.1 Å². The van der Waals surface area contributed by atoms with Crippen LogP contribution in [0, 0.1) is 5.92 Å². The van der Waals surface area contributed by atoms with E-state index in [9.17, 15) is 4.79 Å². The Kier molecular flexibility index (Phi) is 8.59. The lowest BCUT2D eigenvalue weighted by Gasteiger charge is -2.28. The Balaban J connectivity index is 1.62. The number of allylic oxidation sites excluding steroid dienone is 1. The summed E-state index contributed by atoms with van der Waals surface area (Å²) >= 11 is 7.81. The summed E-state index contributed by atoms with van der Waals surface area (Å²) < 4.78 is 13.0. The van der Waals surface area contributed by atoms with E-state index in [4.69, 9.17) is 26.2 Å². The maximum Gasteiger partial charge on any atom is 0.338 e. The number of aromatic nitrogens is 3. The molecule has 36 heavy (non-hydrogen) atoms. The molecule has 3 aromatic rings. The number of halogens is 1. The van der Waals surface area contributed by atoms with Gasteiger partial charge in [0.15, 0.2) is 0 Å². The van der Waals surface area contributed by atoms with Gasteiger partial charge in [-0.15, -0.1) is 5.10 Å². The van der Waals surface area contributed by atoms with Gasteiger partial charge in [-0.3, -0.25) is 0 Å². The molecule has 1 unspecified atom stereocenters. The van der Waals surface area contributed by atoms with Gasteiger partial charge in [0.1, 0.15) is 11.8 Å². The van der Waals surface area contributed by atoms with Crippen LogP contribution in [0.5, 0.6) is 5.75 Å². The Bertz CT molecular complexity index is 1240. The number of carbonyl (C=O) groups excluding carboxylic acids is 1. The SMILES string of the molecule is CCOC(=O)C1=C(C)Nc2nc(SCc3ccccc3Cl)nn2C1c1ccc(OCCC(C)C)cc1. The summed E-state index contributed by atoms with van der Waals surface area (Å²) in [6.07, 6.45) is 0.988. The Morgan fingerprint density at radius 2 is 1.94 bits per heavy atom. The van der Waals surface area contributed by atoms with Crippen LogP contribution in [-0.2, 0) is 15.3 Å². The minimum Gasteiger partial charge on any atom is -0.494 e. The van der Waals surface area contributed by atoms with Crippen molar-refractivity contribution in [3.63, 3.8) is 0 Å². The first-order valence-electron chi connectivity index (χ1n) is 12.1. The third kappa shape index (κ3) is 6.05. The number of carbonyl (C=O) groups is 1. The second-order valence-electron chi connectivity index (χ2n) is 8.93. The highest BCUT2D eigenvalue weighted by Crippen LogP contribution is 2.37. The van der Waals surface area contributed by atoms with Crippen molar-refractivity contribution >= 4 is 35.3 Å². The summed E-state index contributed by atoms with van der Waals surface area (Å²) in [5, 5.41) is 9.30. The second-order valence-corrected chi connectivity index (χ2v) is 10.3. The molecule has 0 fully saturated rings. The largest absolute Gasteiger partial charge is 0.494 e. The molecule has 2 heterocycles. The summed E-state index contributed by atoms with van der Waals surface area (Å²) in [6.45, 7) is 8.95. The molecule has 9 heteroatoms. The van der Waals surface area contributed by atoms with Gasteiger partial charge in [0.25, 0.3) is 0 Å². The number of nitrogens with one attached hydrogen (secondary N) is 1. The normalized spacial score (nSPS) is 15.0. The van der Waals surface area contributed by atoms with Crippen molar-refractivity contribution in [3.8, 4) is 5.75 Å². The van der Waals surface area contributed by atoms with Crippen LogP contribution in [0.25, 0.3) is 0 Å². The van der Waals surface area contributed by atoms with Gasteiger partial charge >= 0.3 is 5.97 Å². The van der Waals surface area contributed by atoms with Gasteiger partial charge in [0, 0.05) is 16.5 Å². The smallest absolute Gasteiger partial charge is 0.338 e. The van der Waals surface area contributed by atoms with Gasteiger partial charge in [0.05, 0.1) is 18.8 Å². The number of thioether (sulfide) groups is 1. The van der Waals surface area contributed by atoms with Crippen molar-refractivity contribution in [1.29, 1.82) is 0 Å². The van der Waals surface area contributed by atoms with Crippen molar-refractivity contribution in [2.75, 3.05) is 18.5 Å². The monoisotopic (exact) mass is 526 g/mol. The quantitative estimate of drug-likeness (QED) is 0.238. The number of benzene rings is 2. The van der Waals surface area contributed by atoms with Crippen molar-refractivity contribution in [1.82, 2.24) is 14.8 Å². The molecule has 0 bridgehead atoms. The topological polar surface area (TPSA) is 78.3 Å². The summed E-state index contributed by atoms with van der Waals surface area (Å²) in [5.41, 5.74) is 3.10. The summed E-state index contributed by atoms with van der Waals surface area (Å²) in [7, 11) is 0. The number of ether oxygens (including phenoxy) is 2. The molecule has 0 spiro atoms. The van der Waals surface area contributed by atoms with Gasteiger partial charge in [-0.05, 0) is 55.5 Å². The van der Waals surface area contributed by atoms with Gasteiger partial charge < -0.3 is 14.8 Å². The first-order valence-corrected chi connectivity index (χ1v) is 13.4. The van der Waals surface area contributed by atoms with Crippen LogP contribution in [0.15, 0.2) is 65.0 Å². The Hall–Kier alpha value is -2.97. The number of esters is 1. The number of hydrogen-bond donors (Lipinski definition) is 1. The maximum absolute atomic E-state index is 13.0. The standard InChI is InChI=1S/C27H31ClN4O3S/c1-5-34-25(33)23-18(4)29-26-30-27(36-16-20-8-6-7-9-22(20)28)31-32(26)24(23)19-10-12-21(13-11-19)35-15-14-17(2)3/h6-13,17,24H,5,14-16H2,1-4H3,(H,29,30,31). The molecule has 0 aliphatic carbocycles. The number of hydrogen-bond acceptors (Lipinski definition) is 7. The number of anilines is 1. The molecule has 0 amide bonds. The highest BCUT2D eigenvalue weighted by atomic mass is 35.5. The third-order valence-corrected chi connectivity index (χ3v) is 7.06. The molecule has 190 valence electrons. The first-order chi connectivity index (χ1) is 17.4. The second kappa shape index (κ2) is 11.8. The average molecular weight is 527 g/mol. The van der Waals surface area contributed by atoms with E-state index in [1.165, 1.54) is 11.8 Å². The van der Waals surface area contributed by atoms with E-state index in [2.05, 4.69) is 24.1 Å². The molecule has 1 N–H and O–H groups in total. The minimum absolute atomic E-state index is 0.286. The van der Waals surface area contributed by atoms with E-state index >= 15 is 0 Å². The zero-order valence-electron chi connectivity index (χ0n) is 21.0. The van der Waals surface area contributed by atoms with E-state index in [0.717, 1.165) is 23.3 Å². The highest BCUT2D eigenvalue weighted by molar-refractivity contribution is 7.98. The van der Waals surface area contributed by atoms with E-state index in [1.54, 1.807) is 11.6 Å². The molecule has 2 aromatic carbocycles. The van der Waals surface area contributed by atoms with E-state index in [1.807, 2.05) is 55.5 Å². The minimum atomic E-state index is -0.479. The molecule has 1 aromatic heterocycles. The van der Waals surface area contributed by atoms with Gasteiger partial charge in [0.2, 0.25) is 11.1 Å². The van der Waals surface area contributed by atoms with E-state index in [-0.39, 0.29) is 12.6 Å². The lowest BCUT2D eigenvalue weighted by molar-refractivity contribution is -0.139. The van der Waals surface area contributed by atoms with E-state index < -0.39 is 6.04 Å². The molecular formula is C27H31ClN4O3S. The average Bonchev–Trinajstić information content (AvgIpc) is 3.25. The first kappa shape index (κ1) is 26.1. The van der Waals surface area contributed by atoms with Crippen LogP contribution in [0.3, 0.4) is 0 Å². The molecule has 1 aliphatic heterocycles. The zero-order chi connectivity index (χ0) is 25.7. The zero-order valence-corrected chi connectivity index (χ0v) is 22.5. The lowest BCUT2D eigenvalue weighted by Crippen LogP contribution is -2.29. The maximum atomic E-state index is 13.0. The molecule has 1 atom stereocenters. The molecule has 4 rings (SSSR count). The molecular weight excluding hydrogens is 496 g/mol. The lowest BCUT2D eigenvalue weighted by atomic mass is 9.96. The van der Waals surface area contributed by atoms with Gasteiger partial charge in [-0.2, -0.15) is 4.98 Å². The molecule has 0 saturated carbocycles. The number of rotatable bonds is 10. The number of nitrogens with zero attached hydrogens (tertiary/aromatic N) is 3. The Morgan fingerprint density at radius 3 is 2.64 bits per heavy atom. The fraction of sp³-hybridized carbons (Fsp3) is 0.370. The van der Waals surface area contributed by atoms with Crippen molar-refractivity contribution < 1.29 is 14.3 Å². The van der Waals surface area contributed by atoms with Crippen LogP contribution in [-0.4, -0.2) is 33.9 Å². The number of fused-ring (bicyclic) bond motifs is 1. The predicted molar refractivity (Wildman–Crippen MR) is 144 cm³/mol. The van der Waals surface area contributed by atoms with Crippen LogP contribution in [0.4, 0.5) is 5.95 Å². The van der Waals surface area contributed by atoms with E-state index in [0.29, 0.717) is 45.7 Å². The molecule has 0 saturated heterocycles. The highest BCUT2D eigenvalue weighted by Gasteiger charge is 2.35. The van der Waals surface area contributed by atoms with Crippen LogP contribution < -0.4 is 10.1 Å². The van der Waals surface area contributed by atoms with Crippen LogP contribution in [0.1, 0.15) is 51.3 Å². The fourth-order valence-corrected chi connectivity index (χ4v) is 5.01. The van der Waals surface area contributed by atoms with Gasteiger partial charge in [-0.1, -0.05) is 67.5 Å². The third-order valence-electron chi connectivity index (χ3n) is 5.80. The van der Waals surface area contributed by atoms with Crippen LogP contribution in [0.2, 0.25) is 5.02 Å². The van der Waals surface area contributed by atoms with Crippen molar-refractivity contribution in [3.05, 3.63) is 76.0 Å². The summed E-state index contributed by atoms with van der Waals surface area (Å²) in [4.78, 5) is 17.7. The molecule has 0 radical (unpaired) electrons. The summed E-state index contributed by atoms with van der Waals surface area (Å²) in [5.74, 6) is 2.20. The predicted octanol–water partition coefficient (Wildman–Crippen LogP) is 6.50. The van der Waals surface area contributed by atoms with Crippen LogP contribution >= 0.6 is 23.4 Å². The fourth-order valence-electron chi connectivity index (χ4n) is 3.89. The Morgan fingerprint density at radius 1 is 1.19 bits per heavy atom. The summed E-state index contributed by atoms with van der Waals surface area (Å²) in [6, 6.07) is 15.0. The Labute approximate surface area is 221 Å². The van der Waals surface area contributed by atoms with Crippen molar-refractivity contribution in [2.24, 2.45) is 5.92 Å². The van der Waals surface area contributed by atoms with Gasteiger partial charge in [-0.25, -0.2) is 9.48 Å². The molecule has 7 nitrogen and oxygen atoms in total.